The molecule has 1 aromatic carbocycles. The zero-order valence-corrected chi connectivity index (χ0v) is 11.8. The summed E-state index contributed by atoms with van der Waals surface area (Å²) in [5.74, 6) is 0. The lowest BCUT2D eigenvalue weighted by Gasteiger charge is -2.38. The summed E-state index contributed by atoms with van der Waals surface area (Å²) in [5, 5.41) is 0.409. The van der Waals surface area contributed by atoms with Gasteiger partial charge >= 0.3 is 0 Å². The monoisotopic (exact) mass is 288 g/mol. The lowest BCUT2D eigenvalue weighted by Crippen LogP contribution is -2.54. The molecule has 0 spiro atoms. The molecule has 100 valence electrons. The fourth-order valence-electron chi connectivity index (χ4n) is 1.99. The van der Waals surface area contributed by atoms with E-state index in [2.05, 4.69) is 4.72 Å². The second-order valence-corrected chi connectivity index (χ2v) is 7.12. The Balaban J connectivity index is 2.17. The van der Waals surface area contributed by atoms with Crippen molar-refractivity contribution in [3.05, 3.63) is 28.8 Å². The van der Waals surface area contributed by atoms with E-state index in [1.165, 1.54) is 6.07 Å². The molecule has 18 heavy (non-hydrogen) atoms. The predicted octanol–water partition coefficient (Wildman–Crippen LogP) is 1.81. The van der Waals surface area contributed by atoms with Gasteiger partial charge < -0.3 is 5.73 Å². The van der Waals surface area contributed by atoms with Gasteiger partial charge in [0.1, 0.15) is 0 Å². The number of aryl methyl sites for hydroxylation is 1. The van der Waals surface area contributed by atoms with Crippen molar-refractivity contribution < 1.29 is 8.42 Å². The average Bonchev–Trinajstić information content (AvgIpc) is 2.27. The van der Waals surface area contributed by atoms with Gasteiger partial charge in [0.25, 0.3) is 0 Å². The first-order chi connectivity index (χ1) is 8.32. The second kappa shape index (κ2) is 4.81. The van der Waals surface area contributed by atoms with Crippen LogP contribution in [0.1, 0.15) is 24.8 Å². The maximum absolute atomic E-state index is 12.2. The molecule has 0 radical (unpaired) electrons. The van der Waals surface area contributed by atoms with Gasteiger partial charge in [0.15, 0.2) is 0 Å². The molecule has 0 unspecified atom stereocenters. The molecular weight excluding hydrogens is 272 g/mol. The lowest BCUT2D eigenvalue weighted by atomic mass is 9.78. The first kappa shape index (κ1) is 13.8. The third-order valence-corrected chi connectivity index (χ3v) is 5.18. The number of hydrogen-bond acceptors (Lipinski definition) is 3. The molecule has 0 aromatic heterocycles. The Labute approximate surface area is 113 Å². The Morgan fingerprint density at radius 2 is 2.11 bits per heavy atom. The minimum absolute atomic E-state index is 0.220. The molecule has 0 saturated heterocycles. The van der Waals surface area contributed by atoms with Crippen LogP contribution < -0.4 is 10.5 Å². The minimum Gasteiger partial charge on any atom is -0.324 e. The number of benzene rings is 1. The third kappa shape index (κ3) is 2.85. The van der Waals surface area contributed by atoms with Gasteiger partial charge in [-0.05, 0) is 43.9 Å². The van der Waals surface area contributed by atoms with Gasteiger partial charge in [-0.1, -0.05) is 17.7 Å². The number of nitrogens with one attached hydrogen (secondary N) is 1. The molecule has 0 amide bonds. The quantitative estimate of drug-likeness (QED) is 0.887. The van der Waals surface area contributed by atoms with E-state index in [1.807, 2.05) is 0 Å². The van der Waals surface area contributed by atoms with Crippen LogP contribution in [0.2, 0.25) is 5.02 Å². The second-order valence-electron chi connectivity index (χ2n) is 4.95. The van der Waals surface area contributed by atoms with E-state index >= 15 is 0 Å². The fourth-order valence-corrected chi connectivity index (χ4v) is 3.63. The Morgan fingerprint density at radius 1 is 1.44 bits per heavy atom. The fraction of sp³-hybridized carbons (Fsp3) is 0.500. The van der Waals surface area contributed by atoms with Crippen molar-refractivity contribution in [3.8, 4) is 0 Å². The van der Waals surface area contributed by atoms with Crippen LogP contribution in [0.15, 0.2) is 23.1 Å². The summed E-state index contributed by atoms with van der Waals surface area (Å²) in [6, 6.07) is 4.83. The van der Waals surface area contributed by atoms with Crippen LogP contribution in [0.5, 0.6) is 0 Å². The van der Waals surface area contributed by atoms with E-state index in [0.29, 0.717) is 10.6 Å². The molecule has 2 rings (SSSR count). The molecule has 0 aliphatic heterocycles. The highest BCUT2D eigenvalue weighted by Gasteiger charge is 2.33. The van der Waals surface area contributed by atoms with Crippen molar-refractivity contribution in [3.63, 3.8) is 0 Å². The summed E-state index contributed by atoms with van der Waals surface area (Å²) in [6.45, 7) is 2.02. The number of nitrogens with two attached hydrogens (primary N) is 1. The van der Waals surface area contributed by atoms with Crippen molar-refractivity contribution in [1.82, 2.24) is 4.72 Å². The average molecular weight is 289 g/mol. The van der Waals surface area contributed by atoms with Gasteiger partial charge in [-0.2, -0.15) is 0 Å². The molecule has 6 heteroatoms. The highest BCUT2D eigenvalue weighted by molar-refractivity contribution is 7.89. The highest BCUT2D eigenvalue weighted by Crippen LogP contribution is 2.29. The van der Waals surface area contributed by atoms with Crippen molar-refractivity contribution >= 4 is 21.6 Å². The summed E-state index contributed by atoms with van der Waals surface area (Å²) < 4.78 is 26.9. The summed E-state index contributed by atoms with van der Waals surface area (Å²) in [6.07, 6.45) is 2.79. The predicted molar refractivity (Wildman–Crippen MR) is 72.1 cm³/mol. The number of rotatable bonds is 4. The molecule has 3 N–H and O–H groups in total. The zero-order chi connectivity index (χ0) is 13.4. The van der Waals surface area contributed by atoms with E-state index in [-0.39, 0.29) is 17.0 Å². The maximum Gasteiger partial charge on any atom is 0.240 e. The SMILES string of the molecule is Cc1ccc(Cl)cc1S(=O)(=O)NCC1(N)CCC1. The van der Waals surface area contributed by atoms with E-state index in [4.69, 9.17) is 17.3 Å². The van der Waals surface area contributed by atoms with Crippen molar-refractivity contribution in [2.75, 3.05) is 6.54 Å². The molecule has 4 nitrogen and oxygen atoms in total. The lowest BCUT2D eigenvalue weighted by molar-refractivity contribution is 0.251. The van der Waals surface area contributed by atoms with Crippen LogP contribution in [0.3, 0.4) is 0 Å². The molecule has 0 heterocycles. The van der Waals surface area contributed by atoms with Crippen molar-refractivity contribution in [2.45, 2.75) is 36.6 Å². The van der Waals surface area contributed by atoms with E-state index < -0.39 is 10.0 Å². The van der Waals surface area contributed by atoms with Gasteiger partial charge in [-0.25, -0.2) is 13.1 Å². The first-order valence-electron chi connectivity index (χ1n) is 5.87. The van der Waals surface area contributed by atoms with E-state index in [1.54, 1.807) is 19.1 Å². The van der Waals surface area contributed by atoms with Gasteiger partial charge in [-0.15, -0.1) is 0 Å². The Morgan fingerprint density at radius 3 is 2.67 bits per heavy atom. The van der Waals surface area contributed by atoms with E-state index in [9.17, 15) is 8.42 Å². The number of halogens is 1. The van der Waals surface area contributed by atoms with Crippen LogP contribution in [0.25, 0.3) is 0 Å². The molecule has 1 aliphatic carbocycles. The van der Waals surface area contributed by atoms with Crippen LogP contribution in [0, 0.1) is 6.92 Å². The molecule has 1 aliphatic rings. The Hall–Kier alpha value is -0.620. The maximum atomic E-state index is 12.2. The number of sulfonamides is 1. The van der Waals surface area contributed by atoms with Gasteiger partial charge in [0, 0.05) is 17.1 Å². The first-order valence-corrected chi connectivity index (χ1v) is 7.73. The van der Waals surface area contributed by atoms with Crippen LogP contribution in [-0.2, 0) is 10.0 Å². The van der Waals surface area contributed by atoms with Crippen molar-refractivity contribution in [1.29, 1.82) is 0 Å². The van der Waals surface area contributed by atoms with E-state index in [0.717, 1.165) is 19.3 Å². The van der Waals surface area contributed by atoms with Crippen LogP contribution in [0.4, 0.5) is 0 Å². The van der Waals surface area contributed by atoms with Crippen LogP contribution >= 0.6 is 11.6 Å². The largest absolute Gasteiger partial charge is 0.324 e. The highest BCUT2D eigenvalue weighted by atomic mass is 35.5. The molecular formula is C12H17ClN2O2S. The molecule has 0 bridgehead atoms. The summed E-state index contributed by atoms with van der Waals surface area (Å²) in [4.78, 5) is 0.220. The van der Waals surface area contributed by atoms with Gasteiger partial charge in [0.05, 0.1) is 4.90 Å². The molecule has 1 aromatic rings. The minimum atomic E-state index is -3.54. The third-order valence-electron chi connectivity index (χ3n) is 3.40. The standard InChI is InChI=1S/C12H17ClN2O2S/c1-9-3-4-10(13)7-11(9)18(16,17)15-8-12(14)5-2-6-12/h3-4,7,15H,2,5-6,8,14H2,1H3. The Kier molecular flexibility index (Phi) is 3.69. The molecule has 1 saturated carbocycles. The Bertz CT molecular complexity index is 553. The number of hydrogen-bond donors (Lipinski definition) is 2. The summed E-state index contributed by atoms with van der Waals surface area (Å²) >= 11 is 5.83. The topological polar surface area (TPSA) is 72.2 Å². The van der Waals surface area contributed by atoms with Gasteiger partial charge in [0.2, 0.25) is 10.0 Å². The smallest absolute Gasteiger partial charge is 0.240 e. The van der Waals surface area contributed by atoms with Gasteiger partial charge in [-0.3, -0.25) is 0 Å². The summed E-state index contributed by atoms with van der Waals surface area (Å²) in [7, 11) is -3.54. The normalized spacial score (nSPS) is 18.4. The van der Waals surface area contributed by atoms with Crippen molar-refractivity contribution in [2.24, 2.45) is 5.73 Å². The molecule has 1 fully saturated rings. The summed E-state index contributed by atoms with van der Waals surface area (Å²) in [5.41, 5.74) is 6.30. The zero-order valence-electron chi connectivity index (χ0n) is 10.2. The molecule has 0 atom stereocenters. The van der Waals surface area contributed by atoms with Crippen LogP contribution in [-0.4, -0.2) is 20.5 Å².